The molecule has 1 aromatic heterocycles. The smallest absolute Gasteiger partial charge is 0.194 e. The number of Topliss-reactive ketones (excluding diaryl/α,β-unsaturated/α-hetero) is 1. The number of anilines is 1. The number of hydrogen-bond acceptors (Lipinski definition) is 8. The number of hydrogen-bond donors (Lipinski definition) is 3. The summed E-state index contributed by atoms with van der Waals surface area (Å²) >= 11 is 1.61. The van der Waals surface area contributed by atoms with E-state index in [9.17, 15) is 19.8 Å². The topological polar surface area (TPSA) is 119 Å². The molecule has 1 aliphatic heterocycles. The Bertz CT molecular complexity index is 1500. The largest absolute Gasteiger partial charge is 0.399 e. The van der Waals surface area contributed by atoms with Gasteiger partial charge >= 0.3 is 0 Å². The molecule has 2 heterocycles. The Kier molecular flexibility index (Phi) is 6.50. The molecule has 222 valence electrons. The van der Waals surface area contributed by atoms with Crippen LogP contribution in [0.5, 0.6) is 0 Å². The molecule has 0 unspecified atom stereocenters. The van der Waals surface area contributed by atoms with Gasteiger partial charge in [0.05, 0.1) is 17.1 Å². The standard InChI is InChI=1S/C34H39NO6S/c1-18(19-4-7-21(35)8-5-19)26-10-11-27(42-26)31-40-29-15-24-23-9-6-20-14-22(37)12-13-32(20,2)30(23)25(38)16-33(24,3)34(29,41-31)28(39)17-36/h4-5,7-8,10-14,18,23-25,29-31,36,38H,6,9,15-17,35H2,1-3H3/t18-,23+,24+,25+,29-,30-,31-,32+,33+,34-/m1/s1. The third kappa shape index (κ3) is 3.78. The van der Waals surface area contributed by atoms with Crippen LogP contribution in [0.4, 0.5) is 5.69 Å². The van der Waals surface area contributed by atoms with Crippen molar-refractivity contribution in [2.45, 2.75) is 76.5 Å². The predicted molar refractivity (Wildman–Crippen MR) is 160 cm³/mol. The fraction of sp³-hybridized carbons (Fsp3) is 0.529. The van der Waals surface area contributed by atoms with E-state index in [4.69, 9.17) is 15.2 Å². The van der Waals surface area contributed by atoms with Crippen LogP contribution in [0, 0.1) is 28.6 Å². The number of allylic oxidation sites excluding steroid dienone is 4. The monoisotopic (exact) mass is 589 g/mol. The summed E-state index contributed by atoms with van der Waals surface area (Å²) in [5.74, 6) is -0.0738. The Morgan fingerprint density at radius 1 is 1.19 bits per heavy atom. The maximum atomic E-state index is 13.8. The number of fused-ring (bicyclic) bond motifs is 7. The Morgan fingerprint density at radius 3 is 2.69 bits per heavy atom. The van der Waals surface area contributed by atoms with E-state index in [1.165, 1.54) is 0 Å². The molecule has 0 radical (unpaired) electrons. The molecular formula is C34H39NO6S. The number of aliphatic hydroxyl groups excluding tert-OH is 2. The van der Waals surface area contributed by atoms with Crippen molar-refractivity contribution in [2.24, 2.45) is 28.6 Å². The van der Waals surface area contributed by atoms with E-state index >= 15 is 0 Å². The van der Waals surface area contributed by atoms with Crippen molar-refractivity contribution >= 4 is 28.6 Å². The number of benzene rings is 1. The minimum absolute atomic E-state index is 0.00592. The van der Waals surface area contributed by atoms with Crippen molar-refractivity contribution < 1.29 is 29.3 Å². The van der Waals surface area contributed by atoms with Gasteiger partial charge in [-0.05, 0) is 79.5 Å². The van der Waals surface area contributed by atoms with Gasteiger partial charge in [0, 0.05) is 33.2 Å². The zero-order valence-electron chi connectivity index (χ0n) is 24.3. The molecule has 7 rings (SSSR count). The normalized spacial score (nSPS) is 41.0. The molecule has 2 aromatic rings. The zero-order chi connectivity index (χ0) is 29.6. The fourth-order valence-corrected chi connectivity index (χ4v) is 10.5. The van der Waals surface area contributed by atoms with Crippen LogP contribution in [0.3, 0.4) is 0 Å². The molecule has 0 amide bonds. The SMILES string of the molecule is C[C@H](c1ccc(N)cc1)c1ccc([C@@H]2O[C@@H]3C[C@H]4[C@@H]5CCC6=CC(=O)C=C[C@]6(C)[C@H]5[C@@H](O)C[C@]4(C)[C@]3(C(=O)CO)O2)s1. The van der Waals surface area contributed by atoms with E-state index in [-0.39, 0.29) is 35.2 Å². The van der Waals surface area contributed by atoms with Gasteiger partial charge in [-0.25, -0.2) is 0 Å². The average molecular weight is 590 g/mol. The first-order valence-electron chi connectivity index (χ1n) is 15.1. The Labute approximate surface area is 250 Å². The summed E-state index contributed by atoms with van der Waals surface area (Å²) in [6.45, 7) is 5.71. The van der Waals surface area contributed by atoms with Crippen molar-refractivity contribution in [1.82, 2.24) is 0 Å². The number of ketones is 2. The van der Waals surface area contributed by atoms with Gasteiger partial charge in [-0.2, -0.15) is 0 Å². The molecule has 5 aliphatic rings. The van der Waals surface area contributed by atoms with Crippen molar-refractivity contribution in [2.75, 3.05) is 12.3 Å². The van der Waals surface area contributed by atoms with Gasteiger partial charge in [0.2, 0.25) is 0 Å². The van der Waals surface area contributed by atoms with Crippen LogP contribution in [0.2, 0.25) is 0 Å². The fourth-order valence-electron chi connectivity index (χ4n) is 9.49. The van der Waals surface area contributed by atoms with Gasteiger partial charge in [-0.1, -0.05) is 44.6 Å². The minimum atomic E-state index is -1.34. The zero-order valence-corrected chi connectivity index (χ0v) is 25.1. The predicted octanol–water partition coefficient (Wildman–Crippen LogP) is 5.08. The summed E-state index contributed by atoms with van der Waals surface area (Å²) in [6.07, 6.45) is 6.05. The molecule has 4 fully saturated rings. The maximum Gasteiger partial charge on any atom is 0.194 e. The number of carbonyl (C=O) groups is 2. The summed E-state index contributed by atoms with van der Waals surface area (Å²) in [7, 11) is 0. The van der Waals surface area contributed by atoms with E-state index in [1.807, 2.05) is 36.4 Å². The highest BCUT2D eigenvalue weighted by atomic mass is 32.1. The van der Waals surface area contributed by atoms with E-state index in [0.717, 1.165) is 39.4 Å². The van der Waals surface area contributed by atoms with Crippen LogP contribution in [0.25, 0.3) is 0 Å². The minimum Gasteiger partial charge on any atom is -0.399 e. The third-order valence-corrected chi connectivity index (χ3v) is 12.8. The second-order valence-electron chi connectivity index (χ2n) is 13.5. The van der Waals surface area contributed by atoms with Gasteiger partial charge in [-0.3, -0.25) is 9.59 Å². The number of ether oxygens (including phenoxy) is 2. The first-order chi connectivity index (χ1) is 20.0. The molecule has 0 spiro atoms. The van der Waals surface area contributed by atoms with Gasteiger partial charge in [0.1, 0.15) is 6.61 Å². The third-order valence-electron chi connectivity index (χ3n) is 11.5. The van der Waals surface area contributed by atoms with Gasteiger partial charge < -0.3 is 25.4 Å². The van der Waals surface area contributed by atoms with Crippen molar-refractivity contribution in [3.63, 3.8) is 0 Å². The molecule has 0 bridgehead atoms. The van der Waals surface area contributed by atoms with Gasteiger partial charge in [-0.15, -0.1) is 11.3 Å². The molecule has 1 aromatic carbocycles. The van der Waals surface area contributed by atoms with Crippen molar-refractivity contribution in [3.05, 3.63) is 75.5 Å². The highest BCUT2D eigenvalue weighted by Gasteiger charge is 2.76. The molecule has 3 saturated carbocycles. The summed E-state index contributed by atoms with van der Waals surface area (Å²) < 4.78 is 13.4. The van der Waals surface area contributed by atoms with Crippen LogP contribution in [-0.4, -0.2) is 46.2 Å². The number of aliphatic hydroxyl groups is 2. The van der Waals surface area contributed by atoms with Crippen LogP contribution in [0.15, 0.2) is 60.2 Å². The maximum absolute atomic E-state index is 13.8. The molecule has 8 heteroatoms. The first-order valence-corrected chi connectivity index (χ1v) is 15.9. The van der Waals surface area contributed by atoms with Crippen LogP contribution in [0.1, 0.15) is 74.0 Å². The van der Waals surface area contributed by atoms with Crippen molar-refractivity contribution in [3.8, 4) is 0 Å². The second kappa shape index (κ2) is 9.69. The molecule has 1 saturated heterocycles. The molecular weight excluding hydrogens is 550 g/mol. The Morgan fingerprint density at radius 2 is 1.95 bits per heavy atom. The summed E-state index contributed by atoms with van der Waals surface area (Å²) in [4.78, 5) is 28.0. The lowest BCUT2D eigenvalue weighted by molar-refractivity contribution is -0.200. The van der Waals surface area contributed by atoms with Gasteiger partial charge in [0.25, 0.3) is 0 Å². The van der Waals surface area contributed by atoms with Crippen LogP contribution in [-0.2, 0) is 19.1 Å². The number of thiophene rings is 1. The number of rotatable bonds is 5. The Hall–Kier alpha value is -2.62. The number of nitrogens with two attached hydrogens (primary N) is 1. The van der Waals surface area contributed by atoms with Crippen LogP contribution < -0.4 is 5.73 Å². The number of nitrogen functional groups attached to an aromatic ring is 1. The molecule has 4 N–H and O–H groups in total. The molecule has 42 heavy (non-hydrogen) atoms. The second-order valence-corrected chi connectivity index (χ2v) is 14.6. The van der Waals surface area contributed by atoms with E-state index in [1.54, 1.807) is 23.5 Å². The summed E-state index contributed by atoms with van der Waals surface area (Å²) in [5.41, 5.74) is 6.40. The highest BCUT2D eigenvalue weighted by molar-refractivity contribution is 7.12. The van der Waals surface area contributed by atoms with Crippen molar-refractivity contribution in [1.29, 1.82) is 0 Å². The quantitative estimate of drug-likeness (QED) is 0.416. The first kappa shape index (κ1) is 28.2. The lowest BCUT2D eigenvalue weighted by atomic mass is 9.46. The number of carbonyl (C=O) groups excluding carboxylic acids is 2. The summed E-state index contributed by atoms with van der Waals surface area (Å²) in [5, 5.41) is 22.1. The Balaban J connectivity index is 1.20. The lowest BCUT2D eigenvalue weighted by Gasteiger charge is -2.59. The van der Waals surface area contributed by atoms with E-state index in [2.05, 4.69) is 26.8 Å². The highest BCUT2D eigenvalue weighted by Crippen LogP contribution is 2.70. The summed E-state index contributed by atoms with van der Waals surface area (Å²) in [6, 6.07) is 12.0. The average Bonchev–Trinajstić information content (AvgIpc) is 3.66. The molecule has 7 nitrogen and oxygen atoms in total. The van der Waals surface area contributed by atoms with Gasteiger partial charge in [0.15, 0.2) is 23.5 Å². The van der Waals surface area contributed by atoms with Crippen LogP contribution >= 0.6 is 11.3 Å². The molecule has 4 aliphatic carbocycles. The molecule has 10 atom stereocenters. The van der Waals surface area contributed by atoms with E-state index < -0.39 is 41.5 Å². The lowest BCUT2D eigenvalue weighted by Crippen LogP contribution is -2.63. The van der Waals surface area contributed by atoms with E-state index in [0.29, 0.717) is 12.8 Å².